The van der Waals surface area contributed by atoms with E-state index in [2.05, 4.69) is 25.1 Å². The Bertz CT molecular complexity index is 810. The van der Waals surface area contributed by atoms with Crippen LogP contribution in [0.25, 0.3) is 0 Å². The first kappa shape index (κ1) is 17.3. The average molecular weight is 317 g/mol. The van der Waals surface area contributed by atoms with Crippen LogP contribution in [0.2, 0.25) is 0 Å². The average Bonchev–Trinajstić information content (AvgIpc) is 2.86. The van der Waals surface area contributed by atoms with Crippen LogP contribution >= 0.6 is 0 Å². The molecule has 0 aliphatic carbocycles. The van der Waals surface area contributed by atoms with Crippen LogP contribution in [0.1, 0.15) is 44.7 Å². The third kappa shape index (κ3) is 2.90. The predicted octanol–water partition coefficient (Wildman–Crippen LogP) is 4.42. The fourth-order valence-electron chi connectivity index (χ4n) is 2.82. The number of hydrogen-bond donors (Lipinski definition) is 0. The lowest BCUT2D eigenvalue weighted by Gasteiger charge is -2.27. The molecule has 4 nitrogen and oxygen atoms in total. The molecule has 0 aromatic heterocycles. The van der Waals surface area contributed by atoms with E-state index in [0.717, 1.165) is 24.8 Å². The first-order valence-corrected chi connectivity index (χ1v) is 7.96. The molecule has 1 heterocycles. The molecule has 1 atom stereocenters. The van der Waals surface area contributed by atoms with Crippen molar-refractivity contribution < 1.29 is 4.74 Å². The molecule has 1 aromatic carbocycles. The van der Waals surface area contributed by atoms with Crippen LogP contribution in [0.3, 0.4) is 0 Å². The molecule has 0 saturated carbocycles. The molecule has 24 heavy (non-hydrogen) atoms. The molecule has 1 aromatic rings. The van der Waals surface area contributed by atoms with Gasteiger partial charge in [0.15, 0.2) is 16.9 Å². The molecule has 4 heteroatoms. The van der Waals surface area contributed by atoms with Crippen molar-refractivity contribution in [1.29, 1.82) is 15.8 Å². The molecule has 0 fully saturated rings. The Balaban J connectivity index is 2.46. The Morgan fingerprint density at radius 1 is 1.12 bits per heavy atom. The summed E-state index contributed by atoms with van der Waals surface area (Å²) in [7, 11) is 0. The van der Waals surface area contributed by atoms with Crippen LogP contribution in [0.5, 0.6) is 0 Å². The first-order chi connectivity index (χ1) is 11.5. The van der Waals surface area contributed by atoms with Gasteiger partial charge in [-0.3, -0.25) is 0 Å². The summed E-state index contributed by atoms with van der Waals surface area (Å²) >= 11 is 0. The van der Waals surface area contributed by atoms with Crippen molar-refractivity contribution in [2.75, 3.05) is 0 Å². The fraction of sp³-hybridized carbons (Fsp3) is 0.350. The van der Waals surface area contributed by atoms with Gasteiger partial charge in [-0.1, -0.05) is 37.6 Å². The largest absolute Gasteiger partial charge is 0.475 e. The maximum Gasteiger partial charge on any atom is 0.172 e. The SMILES string of the molecule is CCCCc1ccc(C2(C)OC(=C(C#N)C#N)C(C#N)=C2C)cc1. The van der Waals surface area contributed by atoms with E-state index in [-0.39, 0.29) is 16.9 Å². The van der Waals surface area contributed by atoms with Gasteiger partial charge in [0.05, 0.1) is 5.57 Å². The Kier molecular flexibility index (Phi) is 5.08. The van der Waals surface area contributed by atoms with E-state index in [1.807, 2.05) is 38.1 Å². The Morgan fingerprint density at radius 3 is 2.25 bits per heavy atom. The Labute approximate surface area is 142 Å². The number of unbranched alkanes of at least 4 members (excludes halogenated alkanes) is 1. The van der Waals surface area contributed by atoms with Crippen molar-refractivity contribution in [2.45, 2.75) is 45.6 Å². The summed E-state index contributed by atoms with van der Waals surface area (Å²) in [5.74, 6) is 0.0811. The molecule has 1 aliphatic rings. The summed E-state index contributed by atoms with van der Waals surface area (Å²) in [4.78, 5) is 0. The van der Waals surface area contributed by atoms with Gasteiger partial charge in [0.2, 0.25) is 0 Å². The topological polar surface area (TPSA) is 80.6 Å². The molecule has 120 valence electrons. The number of aryl methyl sites for hydroxylation is 1. The van der Waals surface area contributed by atoms with Crippen molar-refractivity contribution in [1.82, 2.24) is 0 Å². The zero-order valence-corrected chi connectivity index (χ0v) is 14.2. The van der Waals surface area contributed by atoms with Crippen LogP contribution in [0.15, 0.2) is 46.7 Å². The molecule has 0 bridgehead atoms. The quantitative estimate of drug-likeness (QED) is 0.770. The van der Waals surface area contributed by atoms with E-state index >= 15 is 0 Å². The smallest absolute Gasteiger partial charge is 0.172 e. The van der Waals surface area contributed by atoms with Gasteiger partial charge in [-0.15, -0.1) is 0 Å². The van der Waals surface area contributed by atoms with Crippen molar-refractivity contribution in [3.63, 3.8) is 0 Å². The van der Waals surface area contributed by atoms with Crippen LogP contribution < -0.4 is 0 Å². The molecule has 1 aliphatic heterocycles. The number of allylic oxidation sites excluding steroid dienone is 2. The molecule has 1 unspecified atom stereocenters. The number of ether oxygens (including phenoxy) is 1. The maximum absolute atomic E-state index is 9.43. The molecular weight excluding hydrogens is 298 g/mol. The minimum atomic E-state index is -0.845. The van der Waals surface area contributed by atoms with Crippen LogP contribution in [0.4, 0.5) is 0 Å². The Morgan fingerprint density at radius 2 is 1.75 bits per heavy atom. The van der Waals surface area contributed by atoms with E-state index < -0.39 is 5.60 Å². The number of hydrogen-bond acceptors (Lipinski definition) is 4. The number of rotatable bonds is 4. The van der Waals surface area contributed by atoms with Crippen LogP contribution in [-0.4, -0.2) is 0 Å². The molecule has 0 amide bonds. The summed E-state index contributed by atoms with van der Waals surface area (Å²) in [5.41, 5.74) is 2.13. The number of benzene rings is 1. The highest BCUT2D eigenvalue weighted by Gasteiger charge is 2.42. The number of nitrogens with zero attached hydrogens (tertiary/aromatic N) is 3. The minimum absolute atomic E-state index is 0.0811. The molecule has 0 saturated heterocycles. The minimum Gasteiger partial charge on any atom is -0.475 e. The van der Waals surface area contributed by atoms with Crippen LogP contribution in [-0.2, 0) is 16.8 Å². The van der Waals surface area contributed by atoms with Crippen molar-refractivity contribution >= 4 is 0 Å². The third-order valence-corrected chi connectivity index (χ3v) is 4.51. The lowest BCUT2D eigenvalue weighted by atomic mass is 9.87. The summed E-state index contributed by atoms with van der Waals surface area (Å²) in [5, 5.41) is 27.6. The first-order valence-electron chi connectivity index (χ1n) is 7.96. The monoisotopic (exact) mass is 317 g/mol. The maximum atomic E-state index is 9.43. The molecule has 0 radical (unpaired) electrons. The lowest BCUT2D eigenvalue weighted by Crippen LogP contribution is -2.23. The second-order valence-corrected chi connectivity index (χ2v) is 5.98. The van der Waals surface area contributed by atoms with Gasteiger partial charge < -0.3 is 4.74 Å². The van der Waals surface area contributed by atoms with Gasteiger partial charge in [-0.05, 0) is 43.4 Å². The molecule has 2 rings (SSSR count). The Hall–Kier alpha value is -3.03. The van der Waals surface area contributed by atoms with E-state index in [1.165, 1.54) is 5.56 Å². The molecule has 0 spiro atoms. The van der Waals surface area contributed by atoms with Gasteiger partial charge >= 0.3 is 0 Å². The lowest BCUT2D eigenvalue weighted by molar-refractivity contribution is 0.0728. The number of nitriles is 3. The molecule has 0 N–H and O–H groups in total. The highest BCUT2D eigenvalue weighted by molar-refractivity contribution is 5.58. The second kappa shape index (κ2) is 7.03. The third-order valence-electron chi connectivity index (χ3n) is 4.51. The highest BCUT2D eigenvalue weighted by Crippen LogP contribution is 2.45. The standard InChI is InChI=1S/C20H19N3O/c1-4-5-6-15-7-9-17(10-8-15)20(3)14(2)18(13-23)19(24-20)16(11-21)12-22/h7-10H,4-6H2,1-3H3. The molecular formula is C20H19N3O. The van der Waals surface area contributed by atoms with Crippen molar-refractivity contribution in [2.24, 2.45) is 0 Å². The van der Waals surface area contributed by atoms with E-state index in [4.69, 9.17) is 15.3 Å². The van der Waals surface area contributed by atoms with E-state index in [0.29, 0.717) is 5.57 Å². The highest BCUT2D eigenvalue weighted by atomic mass is 16.5. The van der Waals surface area contributed by atoms with Gasteiger partial charge in [-0.25, -0.2) is 0 Å². The predicted molar refractivity (Wildman–Crippen MR) is 90.1 cm³/mol. The summed E-state index contributed by atoms with van der Waals surface area (Å²) < 4.78 is 5.95. The zero-order chi connectivity index (χ0) is 17.7. The zero-order valence-electron chi connectivity index (χ0n) is 14.2. The van der Waals surface area contributed by atoms with E-state index in [1.54, 1.807) is 0 Å². The summed E-state index contributed by atoms with van der Waals surface area (Å²) in [6.45, 7) is 5.83. The normalized spacial score (nSPS) is 19.2. The van der Waals surface area contributed by atoms with Gasteiger partial charge in [-0.2, -0.15) is 15.8 Å². The summed E-state index contributed by atoms with van der Waals surface area (Å²) in [6.07, 6.45) is 3.32. The second-order valence-electron chi connectivity index (χ2n) is 5.98. The summed E-state index contributed by atoms with van der Waals surface area (Å²) in [6, 6.07) is 13.8. The van der Waals surface area contributed by atoms with Crippen molar-refractivity contribution in [3.8, 4) is 18.2 Å². The fourth-order valence-corrected chi connectivity index (χ4v) is 2.82. The van der Waals surface area contributed by atoms with E-state index in [9.17, 15) is 5.26 Å². The van der Waals surface area contributed by atoms with Gasteiger partial charge in [0.25, 0.3) is 0 Å². The van der Waals surface area contributed by atoms with Crippen molar-refractivity contribution in [3.05, 3.63) is 57.9 Å². The van der Waals surface area contributed by atoms with Gasteiger partial charge in [0, 0.05) is 0 Å². The van der Waals surface area contributed by atoms with Gasteiger partial charge in [0.1, 0.15) is 18.2 Å². The van der Waals surface area contributed by atoms with Crippen LogP contribution in [0, 0.1) is 34.0 Å².